The molecule has 2 atom stereocenters. The molecule has 0 aromatic heterocycles. The number of ether oxygens (including phenoxy) is 1. The number of carbonyl (C=O) groups is 2. The van der Waals surface area contributed by atoms with Crippen molar-refractivity contribution in [2.45, 2.75) is 186 Å². The van der Waals surface area contributed by atoms with E-state index in [1.54, 1.807) is 11.8 Å². The predicted octanol–water partition coefficient (Wildman–Crippen LogP) is 11.8. The number of nitrogens with two attached hydrogens (primary N) is 1. The van der Waals surface area contributed by atoms with Gasteiger partial charge in [0, 0.05) is 11.5 Å². The molecule has 0 radical (unpaired) electrons. The first-order valence-electron chi connectivity index (χ1n) is 17.9. The monoisotopic (exact) mass is 683 g/mol. The number of unbranched alkanes of at least 4 members (excludes halogenated alkanes) is 20. The highest BCUT2D eigenvalue weighted by molar-refractivity contribution is 8.15. The maximum absolute atomic E-state index is 12.8. The minimum absolute atomic E-state index is 0. The number of thioether (sulfide) groups is 3. The Morgan fingerprint density at radius 1 is 0.605 bits per heavy atom. The summed E-state index contributed by atoms with van der Waals surface area (Å²) in [5.74, 6) is 2.66. The zero-order valence-electron chi connectivity index (χ0n) is 28.4. The third-order valence-corrected chi connectivity index (χ3v) is 11.1. The summed E-state index contributed by atoms with van der Waals surface area (Å²) >= 11 is 4.54. The summed E-state index contributed by atoms with van der Waals surface area (Å²) in [7, 11) is 0. The van der Waals surface area contributed by atoms with E-state index in [-0.39, 0.29) is 29.6 Å². The van der Waals surface area contributed by atoms with Gasteiger partial charge in [0.1, 0.15) is 6.10 Å². The van der Waals surface area contributed by atoms with Crippen LogP contribution < -0.4 is 5.73 Å². The van der Waals surface area contributed by atoms with E-state index in [9.17, 15) is 9.59 Å². The quantitative estimate of drug-likeness (QED) is 0.0419. The van der Waals surface area contributed by atoms with Crippen LogP contribution in [-0.2, 0) is 14.3 Å². The molecule has 2 N–H and O–H groups in total. The molecule has 0 fully saturated rings. The molecule has 0 saturated carbocycles. The van der Waals surface area contributed by atoms with Crippen LogP contribution in [-0.4, -0.2) is 45.6 Å². The zero-order valence-corrected chi connectivity index (χ0v) is 31.7. The van der Waals surface area contributed by atoms with E-state index >= 15 is 0 Å². The summed E-state index contributed by atoms with van der Waals surface area (Å²) in [6.45, 7) is 6.63. The van der Waals surface area contributed by atoms with Gasteiger partial charge in [-0.05, 0) is 31.4 Å². The van der Waals surface area contributed by atoms with Crippen molar-refractivity contribution < 1.29 is 14.3 Å². The highest BCUT2D eigenvalue weighted by Crippen LogP contribution is 2.20. The molecule has 2 unspecified atom stereocenters. The molecule has 0 heterocycles. The summed E-state index contributed by atoms with van der Waals surface area (Å²) in [5, 5.41) is -0.389. The van der Waals surface area contributed by atoms with Gasteiger partial charge in [-0.3, -0.25) is 4.79 Å². The van der Waals surface area contributed by atoms with Gasteiger partial charge >= 0.3 is 5.97 Å². The summed E-state index contributed by atoms with van der Waals surface area (Å²) < 4.78 is 5.90. The van der Waals surface area contributed by atoms with E-state index in [1.165, 1.54) is 152 Å². The van der Waals surface area contributed by atoms with Crippen LogP contribution in [0, 0.1) is 0 Å². The van der Waals surface area contributed by atoms with Crippen molar-refractivity contribution in [1.29, 1.82) is 0 Å². The molecular formula is C35H70ClNO3S3. The smallest absolute Gasteiger partial charge is 0.333 e. The number of carbonyl (C=O) groups excluding carboxylic acids is 2. The molecule has 0 spiro atoms. The lowest BCUT2D eigenvalue weighted by Crippen LogP contribution is -2.33. The molecule has 8 heteroatoms. The number of hydrogen-bond acceptors (Lipinski definition) is 7. The highest BCUT2D eigenvalue weighted by Gasteiger charge is 2.21. The number of rotatable bonds is 33. The zero-order chi connectivity index (χ0) is 30.9. The van der Waals surface area contributed by atoms with Gasteiger partial charge in [-0.1, -0.05) is 161 Å². The highest BCUT2D eigenvalue weighted by atomic mass is 35.5. The maximum atomic E-state index is 12.8. The maximum Gasteiger partial charge on any atom is 0.333 e. The van der Waals surface area contributed by atoms with E-state index in [0.717, 1.165) is 37.2 Å². The Bertz CT molecular complexity index is 601. The van der Waals surface area contributed by atoms with Crippen LogP contribution in [0.25, 0.3) is 0 Å². The van der Waals surface area contributed by atoms with Crippen molar-refractivity contribution in [3.05, 3.63) is 0 Å². The fourth-order valence-corrected chi connectivity index (χ4v) is 7.63. The second kappa shape index (κ2) is 36.9. The van der Waals surface area contributed by atoms with Crippen LogP contribution in [0.2, 0.25) is 0 Å². The lowest BCUT2D eigenvalue weighted by molar-refractivity contribution is -0.147. The lowest BCUT2D eigenvalue weighted by atomic mass is 10.0. The predicted molar refractivity (Wildman–Crippen MR) is 200 cm³/mol. The second-order valence-corrected chi connectivity index (χ2v) is 15.4. The number of esters is 1. The van der Waals surface area contributed by atoms with Crippen LogP contribution >= 0.6 is 47.7 Å². The van der Waals surface area contributed by atoms with E-state index < -0.39 is 5.37 Å². The molecule has 0 bridgehead atoms. The molecule has 0 aliphatic carbocycles. The molecule has 0 aliphatic rings. The fraction of sp³-hybridized carbons (Fsp3) is 0.943. The molecule has 0 saturated heterocycles. The topological polar surface area (TPSA) is 69.4 Å². The second-order valence-electron chi connectivity index (χ2n) is 11.9. The van der Waals surface area contributed by atoms with Gasteiger partial charge in [-0.15, -0.1) is 35.9 Å². The van der Waals surface area contributed by atoms with Gasteiger partial charge in [-0.25, -0.2) is 4.79 Å². The molecule has 0 aromatic carbocycles. The van der Waals surface area contributed by atoms with Gasteiger partial charge in [-0.2, -0.15) is 0 Å². The fourth-order valence-electron chi connectivity index (χ4n) is 5.02. The first-order chi connectivity index (χ1) is 20.5. The summed E-state index contributed by atoms with van der Waals surface area (Å²) in [4.78, 5) is 24.8. The lowest BCUT2D eigenvalue weighted by Gasteiger charge is -2.20. The molecule has 258 valence electrons. The summed E-state index contributed by atoms with van der Waals surface area (Å²) in [6.07, 6.45) is 30.6. The minimum atomic E-state index is -0.611. The van der Waals surface area contributed by atoms with Gasteiger partial charge in [0.05, 0.1) is 5.75 Å². The Kier molecular flexibility index (Phi) is 39.1. The Morgan fingerprint density at radius 3 is 1.51 bits per heavy atom. The first-order valence-corrected chi connectivity index (χ1v) is 21.0. The Balaban J connectivity index is 0. The SMILES string of the molecule is CCCCCCCCCCCCCCSC(N)C(=O)OC(CCCCCCCCCCCC)CSCC(=O)SCCC.Cl. The van der Waals surface area contributed by atoms with Crippen molar-refractivity contribution in [1.82, 2.24) is 0 Å². The average Bonchev–Trinajstić information content (AvgIpc) is 2.98. The average molecular weight is 685 g/mol. The molecule has 0 aliphatic heterocycles. The standard InChI is InChI=1S/C35H69NO3S3.ClH/c1-4-7-9-11-13-15-17-18-20-22-24-26-29-42-34(36)35(38)39-32(30-40-31-33(37)41-28-6-3)27-25-23-21-19-16-14-12-10-8-5-2;/h32,34H,4-31,36H2,1-3H3;1H. The molecule has 0 rings (SSSR count). The van der Waals surface area contributed by atoms with E-state index in [2.05, 4.69) is 20.8 Å². The van der Waals surface area contributed by atoms with Crippen molar-refractivity contribution in [3.8, 4) is 0 Å². The molecule has 43 heavy (non-hydrogen) atoms. The van der Waals surface area contributed by atoms with Crippen molar-refractivity contribution >= 4 is 58.8 Å². The third-order valence-electron chi connectivity index (χ3n) is 7.68. The van der Waals surface area contributed by atoms with Gasteiger partial charge < -0.3 is 10.5 Å². The number of halogens is 1. The van der Waals surface area contributed by atoms with E-state index in [4.69, 9.17) is 10.5 Å². The van der Waals surface area contributed by atoms with Gasteiger partial charge in [0.25, 0.3) is 0 Å². The minimum Gasteiger partial charge on any atom is -0.460 e. The molecule has 0 aromatic rings. The largest absolute Gasteiger partial charge is 0.460 e. The summed E-state index contributed by atoms with van der Waals surface area (Å²) in [5.41, 5.74) is 6.21. The van der Waals surface area contributed by atoms with Crippen molar-refractivity contribution in [2.75, 3.05) is 23.0 Å². The third kappa shape index (κ3) is 33.6. The molecule has 0 amide bonds. The molecular weight excluding hydrogens is 614 g/mol. The summed E-state index contributed by atoms with van der Waals surface area (Å²) in [6, 6.07) is 0. The van der Waals surface area contributed by atoms with Crippen LogP contribution in [0.1, 0.15) is 175 Å². The van der Waals surface area contributed by atoms with E-state index in [0.29, 0.717) is 11.5 Å². The van der Waals surface area contributed by atoms with Crippen LogP contribution in [0.4, 0.5) is 0 Å². The Hall–Kier alpha value is 0.440. The number of hydrogen-bond donors (Lipinski definition) is 1. The van der Waals surface area contributed by atoms with E-state index in [1.807, 2.05) is 0 Å². The Labute approximate surface area is 286 Å². The van der Waals surface area contributed by atoms with Crippen LogP contribution in [0.15, 0.2) is 0 Å². The normalized spacial score (nSPS) is 12.6. The van der Waals surface area contributed by atoms with Gasteiger partial charge in [0.15, 0.2) is 10.5 Å². The van der Waals surface area contributed by atoms with Crippen LogP contribution in [0.5, 0.6) is 0 Å². The Morgan fingerprint density at radius 2 is 1.05 bits per heavy atom. The van der Waals surface area contributed by atoms with Crippen molar-refractivity contribution in [2.24, 2.45) is 5.73 Å². The van der Waals surface area contributed by atoms with Crippen molar-refractivity contribution in [3.63, 3.8) is 0 Å². The first kappa shape index (κ1) is 45.6. The van der Waals surface area contributed by atoms with Crippen LogP contribution in [0.3, 0.4) is 0 Å². The molecule has 4 nitrogen and oxygen atoms in total. The van der Waals surface area contributed by atoms with Gasteiger partial charge in [0.2, 0.25) is 0 Å².